The molecule has 2 amide bonds. The fraction of sp³-hybridized carbons (Fsp3) is 0.586. The summed E-state index contributed by atoms with van der Waals surface area (Å²) in [5, 5.41) is 7.60. The number of ether oxygens (including phenoxy) is 1. The van der Waals surface area contributed by atoms with Crippen molar-refractivity contribution in [2.75, 3.05) is 51.3 Å². The van der Waals surface area contributed by atoms with Crippen LogP contribution in [0.2, 0.25) is 0 Å². The van der Waals surface area contributed by atoms with Crippen molar-refractivity contribution < 1.29 is 9.53 Å². The Hall–Kier alpha value is -2.84. The molecule has 4 heterocycles. The second-order valence-corrected chi connectivity index (χ2v) is 11.3. The normalized spacial score (nSPS) is 24.9. The van der Waals surface area contributed by atoms with E-state index in [1.165, 1.54) is 16.8 Å². The topological polar surface area (TPSA) is 65.3 Å². The standard InChI is InChI=1S/C29H42N6O2/c1-21(2)31-28(36)33-16-14-32(15-17-33)26-10-12-30-35-19-24(18-27(26)35)23-6-8-25(9-7-23)29(37-5)11-13-34(20-29)22(3)4/h6-8,10,12,18-19,21-22,25H,9,11,13-17,20H2,1-5H3,(H,31,36)/t25?,29-/m1/s1. The van der Waals surface area contributed by atoms with Gasteiger partial charge in [0.2, 0.25) is 0 Å². The summed E-state index contributed by atoms with van der Waals surface area (Å²) in [5.74, 6) is 0.389. The first kappa shape index (κ1) is 25.8. The average molecular weight is 507 g/mol. The van der Waals surface area contributed by atoms with Crippen LogP contribution in [0.25, 0.3) is 11.1 Å². The lowest BCUT2D eigenvalue weighted by Crippen LogP contribution is -2.53. The largest absolute Gasteiger partial charge is 0.376 e. The van der Waals surface area contributed by atoms with Crippen LogP contribution >= 0.6 is 0 Å². The van der Waals surface area contributed by atoms with E-state index >= 15 is 0 Å². The summed E-state index contributed by atoms with van der Waals surface area (Å²) in [5.41, 5.74) is 4.60. The number of methoxy groups -OCH3 is 1. The zero-order chi connectivity index (χ0) is 26.2. The van der Waals surface area contributed by atoms with Crippen molar-refractivity contribution in [1.82, 2.24) is 24.7 Å². The van der Waals surface area contributed by atoms with Crippen LogP contribution in [0.5, 0.6) is 0 Å². The Kier molecular flexibility index (Phi) is 7.32. The summed E-state index contributed by atoms with van der Waals surface area (Å²) in [4.78, 5) is 19.2. The maximum absolute atomic E-state index is 12.4. The molecular weight excluding hydrogens is 464 g/mol. The lowest BCUT2D eigenvalue weighted by Gasteiger charge is -2.36. The highest BCUT2D eigenvalue weighted by Gasteiger charge is 2.44. The molecular formula is C29H42N6O2. The van der Waals surface area contributed by atoms with E-state index in [9.17, 15) is 4.79 Å². The van der Waals surface area contributed by atoms with Gasteiger partial charge >= 0.3 is 6.03 Å². The number of rotatable bonds is 6. The summed E-state index contributed by atoms with van der Waals surface area (Å²) >= 11 is 0. The molecule has 1 N–H and O–H groups in total. The molecule has 0 saturated carbocycles. The second kappa shape index (κ2) is 10.5. The third kappa shape index (κ3) is 5.14. The fourth-order valence-corrected chi connectivity index (χ4v) is 6.03. The van der Waals surface area contributed by atoms with Crippen LogP contribution in [0.4, 0.5) is 10.5 Å². The molecule has 200 valence electrons. The van der Waals surface area contributed by atoms with Crippen molar-refractivity contribution in [3.63, 3.8) is 0 Å². The van der Waals surface area contributed by atoms with Crippen molar-refractivity contribution in [2.24, 2.45) is 5.92 Å². The van der Waals surface area contributed by atoms with Crippen molar-refractivity contribution in [3.05, 3.63) is 48.3 Å². The van der Waals surface area contributed by atoms with Crippen LogP contribution in [-0.4, -0.2) is 89.5 Å². The van der Waals surface area contributed by atoms with Gasteiger partial charge in [0.25, 0.3) is 0 Å². The SMILES string of the molecule is CO[C@]1(C2C=CC(c3cc4c(N5CCN(C(=O)NC(C)C)CC5)ccnn4c3)=CC2)CCN(C(C)C)C1. The number of aromatic nitrogens is 2. The Morgan fingerprint density at radius 1 is 1.16 bits per heavy atom. The summed E-state index contributed by atoms with van der Waals surface area (Å²) in [6, 6.07) is 5.06. The number of nitrogens with zero attached hydrogens (tertiary/aromatic N) is 5. The van der Waals surface area contributed by atoms with Crippen LogP contribution in [0, 0.1) is 5.92 Å². The minimum Gasteiger partial charge on any atom is -0.376 e. The fourth-order valence-electron chi connectivity index (χ4n) is 6.03. The lowest BCUT2D eigenvalue weighted by molar-refractivity contribution is -0.0360. The molecule has 8 heteroatoms. The van der Waals surface area contributed by atoms with Gasteiger partial charge in [0, 0.05) is 82.3 Å². The zero-order valence-corrected chi connectivity index (χ0v) is 23.0. The number of allylic oxidation sites excluding steroid dienone is 3. The molecule has 1 aliphatic carbocycles. The molecule has 2 aliphatic heterocycles. The van der Waals surface area contributed by atoms with Gasteiger partial charge in [-0.2, -0.15) is 5.10 Å². The van der Waals surface area contributed by atoms with Gasteiger partial charge in [0.1, 0.15) is 0 Å². The zero-order valence-electron chi connectivity index (χ0n) is 23.0. The summed E-state index contributed by atoms with van der Waals surface area (Å²) < 4.78 is 8.14. The van der Waals surface area contributed by atoms with Gasteiger partial charge in [-0.15, -0.1) is 0 Å². The average Bonchev–Trinajstić information content (AvgIpc) is 3.54. The van der Waals surface area contributed by atoms with Gasteiger partial charge in [0.15, 0.2) is 0 Å². The highest BCUT2D eigenvalue weighted by molar-refractivity contribution is 5.83. The molecule has 2 aromatic heterocycles. The van der Waals surface area contributed by atoms with E-state index in [2.05, 4.69) is 70.6 Å². The number of hydrogen-bond donors (Lipinski definition) is 1. The first-order chi connectivity index (χ1) is 17.8. The smallest absolute Gasteiger partial charge is 0.317 e. The number of piperazine rings is 1. The Morgan fingerprint density at radius 3 is 2.57 bits per heavy atom. The monoisotopic (exact) mass is 506 g/mol. The van der Waals surface area contributed by atoms with E-state index in [1.807, 2.05) is 36.6 Å². The van der Waals surface area contributed by atoms with Crippen LogP contribution < -0.4 is 10.2 Å². The van der Waals surface area contributed by atoms with Crippen molar-refractivity contribution in [2.45, 2.75) is 58.2 Å². The Morgan fingerprint density at radius 2 is 1.95 bits per heavy atom. The molecule has 2 atom stereocenters. The van der Waals surface area contributed by atoms with Gasteiger partial charge in [-0.1, -0.05) is 18.2 Å². The molecule has 3 aliphatic rings. The molecule has 37 heavy (non-hydrogen) atoms. The van der Waals surface area contributed by atoms with Crippen molar-refractivity contribution in [3.8, 4) is 0 Å². The van der Waals surface area contributed by atoms with Crippen LogP contribution in [0.15, 0.2) is 42.8 Å². The van der Waals surface area contributed by atoms with E-state index < -0.39 is 0 Å². The molecule has 5 rings (SSSR count). The molecule has 2 aromatic rings. The Balaban J connectivity index is 1.29. The quantitative estimate of drug-likeness (QED) is 0.641. The Bertz CT molecular complexity index is 1180. The van der Waals surface area contributed by atoms with E-state index in [4.69, 9.17) is 4.74 Å². The number of carbonyl (C=O) groups excluding carboxylic acids is 1. The van der Waals surface area contributed by atoms with Crippen molar-refractivity contribution >= 4 is 22.8 Å². The van der Waals surface area contributed by atoms with Gasteiger partial charge in [-0.05, 0) is 58.2 Å². The third-order valence-corrected chi connectivity index (χ3v) is 8.34. The predicted octanol–water partition coefficient (Wildman–Crippen LogP) is 4.03. The number of nitrogens with one attached hydrogen (secondary N) is 1. The summed E-state index contributed by atoms with van der Waals surface area (Å²) in [7, 11) is 1.88. The number of amides is 2. The summed E-state index contributed by atoms with van der Waals surface area (Å²) in [6.07, 6.45) is 13.1. The highest BCUT2D eigenvalue weighted by Crippen LogP contribution is 2.39. The van der Waals surface area contributed by atoms with Crippen LogP contribution in [0.1, 0.15) is 46.1 Å². The third-order valence-electron chi connectivity index (χ3n) is 8.34. The number of hydrogen-bond acceptors (Lipinski definition) is 5. The van der Waals surface area contributed by atoms with Crippen molar-refractivity contribution in [1.29, 1.82) is 0 Å². The van der Waals surface area contributed by atoms with E-state index in [1.54, 1.807) is 0 Å². The van der Waals surface area contributed by atoms with E-state index in [0.29, 0.717) is 25.0 Å². The number of carbonyl (C=O) groups is 1. The maximum Gasteiger partial charge on any atom is 0.317 e. The van der Waals surface area contributed by atoms with Crippen LogP contribution in [-0.2, 0) is 4.74 Å². The number of likely N-dealkylation sites (tertiary alicyclic amines) is 1. The molecule has 0 spiro atoms. The first-order valence-corrected chi connectivity index (χ1v) is 13.8. The highest BCUT2D eigenvalue weighted by atomic mass is 16.5. The Labute approximate surface area is 220 Å². The number of urea groups is 1. The molecule has 2 fully saturated rings. The molecule has 0 aromatic carbocycles. The van der Waals surface area contributed by atoms with Gasteiger partial charge in [-0.3, -0.25) is 4.90 Å². The molecule has 8 nitrogen and oxygen atoms in total. The van der Waals surface area contributed by atoms with E-state index in [-0.39, 0.29) is 17.7 Å². The second-order valence-electron chi connectivity index (χ2n) is 11.3. The summed E-state index contributed by atoms with van der Waals surface area (Å²) in [6.45, 7) is 13.7. The molecule has 1 unspecified atom stereocenters. The molecule has 0 radical (unpaired) electrons. The predicted molar refractivity (Wildman–Crippen MR) is 149 cm³/mol. The minimum atomic E-state index is -0.1000. The van der Waals surface area contributed by atoms with Gasteiger partial charge < -0.3 is 19.9 Å². The maximum atomic E-state index is 12.4. The van der Waals surface area contributed by atoms with Crippen LogP contribution in [0.3, 0.4) is 0 Å². The number of anilines is 1. The first-order valence-electron chi connectivity index (χ1n) is 13.8. The molecule has 2 saturated heterocycles. The molecule has 0 bridgehead atoms. The van der Waals surface area contributed by atoms with Gasteiger partial charge in [0.05, 0.1) is 16.8 Å². The van der Waals surface area contributed by atoms with E-state index in [0.717, 1.165) is 44.5 Å². The number of fused-ring (bicyclic) bond motifs is 1. The lowest BCUT2D eigenvalue weighted by atomic mass is 9.80. The minimum absolute atomic E-state index is 0.0265. The van der Waals surface area contributed by atoms with Gasteiger partial charge in [-0.25, -0.2) is 9.31 Å².